The molecule has 0 saturated heterocycles. The number of carbonyl (C=O) groups excluding carboxylic acids is 1. The molecule has 1 heterocycles. The summed E-state index contributed by atoms with van der Waals surface area (Å²) < 4.78 is 6.57. The van der Waals surface area contributed by atoms with E-state index >= 15 is 0 Å². The number of halogens is 1. The Kier molecular flexibility index (Phi) is 4.74. The summed E-state index contributed by atoms with van der Waals surface area (Å²) in [6.45, 7) is 5.72. The van der Waals surface area contributed by atoms with Crippen LogP contribution < -0.4 is 0 Å². The first-order chi connectivity index (χ1) is 7.06. The molecule has 0 fully saturated rings. The van der Waals surface area contributed by atoms with Gasteiger partial charge in [-0.3, -0.25) is 4.79 Å². The fourth-order valence-electron chi connectivity index (χ4n) is 1.56. The van der Waals surface area contributed by atoms with Gasteiger partial charge in [0.1, 0.15) is 6.10 Å². The molecule has 1 aliphatic heterocycles. The van der Waals surface area contributed by atoms with Crippen LogP contribution in [0.25, 0.3) is 0 Å². The minimum Gasteiger partial charge on any atom is -0.357 e. The normalized spacial score (nSPS) is 31.7. The summed E-state index contributed by atoms with van der Waals surface area (Å²) in [6, 6.07) is 0. The maximum atomic E-state index is 11.3. The topological polar surface area (TPSA) is 26.3 Å². The van der Waals surface area contributed by atoms with Gasteiger partial charge in [-0.15, -0.1) is 0 Å². The number of Topliss-reactive ketones (excluding diaryl/α,β-unsaturated/α-hetero) is 1. The van der Waals surface area contributed by atoms with Crippen LogP contribution in [-0.4, -0.2) is 18.0 Å². The van der Waals surface area contributed by atoms with Gasteiger partial charge in [0.25, 0.3) is 0 Å². The van der Waals surface area contributed by atoms with Gasteiger partial charge < -0.3 is 4.74 Å². The van der Waals surface area contributed by atoms with Gasteiger partial charge in [-0.25, -0.2) is 0 Å². The highest BCUT2D eigenvalue weighted by Crippen LogP contribution is 2.28. The molecule has 3 heteroatoms. The Morgan fingerprint density at radius 3 is 2.87 bits per heavy atom. The SMILES string of the molecule is CC/C=C/[C@H]1O[C@H](C(C)=O)C(Br)=C[C@H]1C. The maximum Gasteiger partial charge on any atom is 0.163 e. The summed E-state index contributed by atoms with van der Waals surface area (Å²) in [5, 5.41) is 0. The van der Waals surface area contributed by atoms with Gasteiger partial charge in [0, 0.05) is 10.4 Å². The Hall–Kier alpha value is -0.410. The van der Waals surface area contributed by atoms with Crippen molar-refractivity contribution < 1.29 is 9.53 Å². The van der Waals surface area contributed by atoms with E-state index in [1.807, 2.05) is 6.08 Å². The highest BCUT2D eigenvalue weighted by molar-refractivity contribution is 9.11. The third-order valence-corrected chi connectivity index (χ3v) is 3.09. The lowest BCUT2D eigenvalue weighted by Crippen LogP contribution is -2.34. The van der Waals surface area contributed by atoms with Crippen molar-refractivity contribution in [2.75, 3.05) is 0 Å². The average Bonchev–Trinajstić information content (AvgIpc) is 2.16. The van der Waals surface area contributed by atoms with Crippen molar-refractivity contribution in [2.24, 2.45) is 5.92 Å². The summed E-state index contributed by atoms with van der Waals surface area (Å²) >= 11 is 3.38. The first kappa shape index (κ1) is 12.7. The zero-order chi connectivity index (χ0) is 11.4. The van der Waals surface area contributed by atoms with Gasteiger partial charge in [0.05, 0.1) is 6.10 Å². The minimum atomic E-state index is -0.423. The highest BCUT2D eigenvalue weighted by atomic mass is 79.9. The second-order valence-electron chi connectivity index (χ2n) is 3.84. The fourth-order valence-corrected chi connectivity index (χ4v) is 2.41. The molecule has 0 amide bonds. The number of hydrogen-bond donors (Lipinski definition) is 0. The van der Waals surface area contributed by atoms with Crippen molar-refractivity contribution in [2.45, 2.75) is 39.4 Å². The summed E-state index contributed by atoms with van der Waals surface area (Å²) in [5.74, 6) is 0.345. The predicted molar refractivity (Wildman–Crippen MR) is 64.9 cm³/mol. The Morgan fingerprint density at radius 2 is 2.33 bits per heavy atom. The quantitative estimate of drug-likeness (QED) is 0.738. The highest BCUT2D eigenvalue weighted by Gasteiger charge is 2.29. The predicted octanol–water partition coefficient (Wildman–Crippen LogP) is 3.22. The van der Waals surface area contributed by atoms with Gasteiger partial charge in [0.15, 0.2) is 5.78 Å². The molecule has 1 aliphatic rings. The van der Waals surface area contributed by atoms with Gasteiger partial charge in [-0.05, 0) is 13.3 Å². The van der Waals surface area contributed by atoms with Crippen LogP contribution in [0.5, 0.6) is 0 Å². The van der Waals surface area contributed by atoms with Crippen LogP contribution in [0.1, 0.15) is 27.2 Å². The third-order valence-electron chi connectivity index (χ3n) is 2.41. The number of ether oxygens (including phenoxy) is 1. The first-order valence-corrected chi connectivity index (χ1v) is 6.05. The van der Waals surface area contributed by atoms with Crippen LogP contribution in [0.4, 0.5) is 0 Å². The van der Waals surface area contributed by atoms with E-state index in [4.69, 9.17) is 4.74 Å². The number of rotatable bonds is 3. The lowest BCUT2D eigenvalue weighted by atomic mass is 9.98. The molecular weight excluding hydrogens is 256 g/mol. The van der Waals surface area contributed by atoms with Gasteiger partial charge in [-0.2, -0.15) is 0 Å². The van der Waals surface area contributed by atoms with Crippen LogP contribution in [0.15, 0.2) is 22.7 Å². The van der Waals surface area contributed by atoms with Crippen molar-refractivity contribution in [3.05, 3.63) is 22.7 Å². The second-order valence-corrected chi connectivity index (χ2v) is 4.75. The van der Waals surface area contributed by atoms with Crippen LogP contribution in [0.3, 0.4) is 0 Å². The zero-order valence-corrected chi connectivity index (χ0v) is 11.0. The fraction of sp³-hybridized carbons (Fsp3) is 0.583. The van der Waals surface area contributed by atoms with Gasteiger partial charge in [0.2, 0.25) is 0 Å². The first-order valence-electron chi connectivity index (χ1n) is 5.26. The zero-order valence-electron chi connectivity index (χ0n) is 9.37. The molecule has 0 aromatic rings. The maximum absolute atomic E-state index is 11.3. The largest absolute Gasteiger partial charge is 0.357 e. The number of hydrogen-bond acceptors (Lipinski definition) is 2. The molecule has 0 aromatic heterocycles. The van der Waals surface area contributed by atoms with E-state index in [9.17, 15) is 4.79 Å². The standard InChI is InChI=1S/C12H17BrO2/c1-4-5-6-11-8(2)7-10(13)12(15-11)9(3)14/h5-8,11-12H,4H2,1-3H3/b6-5+/t8-,11-,12-/m1/s1. The molecule has 1 rings (SSSR count). The van der Waals surface area contributed by atoms with Crippen LogP contribution in [-0.2, 0) is 9.53 Å². The van der Waals surface area contributed by atoms with E-state index in [0.717, 1.165) is 10.9 Å². The van der Waals surface area contributed by atoms with Crippen LogP contribution in [0, 0.1) is 5.92 Å². The van der Waals surface area contributed by atoms with Gasteiger partial charge >= 0.3 is 0 Å². The smallest absolute Gasteiger partial charge is 0.163 e. The lowest BCUT2D eigenvalue weighted by Gasteiger charge is -2.29. The molecule has 0 spiro atoms. The summed E-state index contributed by atoms with van der Waals surface area (Å²) in [4.78, 5) is 11.3. The van der Waals surface area contributed by atoms with E-state index in [1.54, 1.807) is 6.92 Å². The lowest BCUT2D eigenvalue weighted by molar-refractivity contribution is -0.129. The third kappa shape index (κ3) is 3.28. The number of carbonyl (C=O) groups is 1. The average molecular weight is 273 g/mol. The number of allylic oxidation sites excluding steroid dienone is 1. The molecule has 2 nitrogen and oxygen atoms in total. The Bertz CT molecular complexity index is 294. The van der Waals surface area contributed by atoms with Crippen molar-refractivity contribution in [3.8, 4) is 0 Å². The molecule has 0 bridgehead atoms. The van der Waals surface area contributed by atoms with E-state index in [0.29, 0.717) is 5.92 Å². The molecule has 0 saturated carbocycles. The summed E-state index contributed by atoms with van der Waals surface area (Å²) in [7, 11) is 0. The summed E-state index contributed by atoms with van der Waals surface area (Å²) in [6.07, 6.45) is 6.75. The van der Waals surface area contributed by atoms with E-state index in [2.05, 4.69) is 41.9 Å². The Balaban J connectivity index is 2.79. The van der Waals surface area contributed by atoms with E-state index in [-0.39, 0.29) is 11.9 Å². The number of ketones is 1. The minimum absolute atomic E-state index is 0.0140. The van der Waals surface area contributed by atoms with Gasteiger partial charge in [-0.1, -0.05) is 48.0 Å². The molecule has 15 heavy (non-hydrogen) atoms. The van der Waals surface area contributed by atoms with Crippen molar-refractivity contribution >= 4 is 21.7 Å². The van der Waals surface area contributed by atoms with Crippen LogP contribution >= 0.6 is 15.9 Å². The molecular formula is C12H17BrO2. The summed E-state index contributed by atoms with van der Waals surface area (Å²) in [5.41, 5.74) is 0. The van der Waals surface area contributed by atoms with E-state index in [1.165, 1.54) is 0 Å². The van der Waals surface area contributed by atoms with Crippen LogP contribution in [0.2, 0.25) is 0 Å². The Labute approximate surface area is 99.5 Å². The van der Waals surface area contributed by atoms with E-state index < -0.39 is 6.10 Å². The molecule has 0 aliphatic carbocycles. The molecule has 3 atom stereocenters. The molecule has 0 aromatic carbocycles. The van der Waals surface area contributed by atoms with Crippen molar-refractivity contribution in [1.82, 2.24) is 0 Å². The van der Waals surface area contributed by atoms with Crippen molar-refractivity contribution in [1.29, 1.82) is 0 Å². The molecule has 0 radical (unpaired) electrons. The monoisotopic (exact) mass is 272 g/mol. The Morgan fingerprint density at radius 1 is 1.67 bits per heavy atom. The molecule has 0 N–H and O–H groups in total. The second kappa shape index (κ2) is 5.61. The van der Waals surface area contributed by atoms with Crippen molar-refractivity contribution in [3.63, 3.8) is 0 Å². The molecule has 84 valence electrons. The molecule has 0 unspecified atom stereocenters.